The van der Waals surface area contributed by atoms with Gasteiger partial charge in [-0.2, -0.15) is 5.10 Å². The zero-order valence-electron chi connectivity index (χ0n) is 12.1. The molecule has 21 heavy (non-hydrogen) atoms. The summed E-state index contributed by atoms with van der Waals surface area (Å²) < 4.78 is 2.13. The molecule has 0 aliphatic rings. The van der Waals surface area contributed by atoms with Crippen LogP contribution < -0.4 is 10.9 Å². The third-order valence-corrected chi connectivity index (χ3v) is 4.69. The van der Waals surface area contributed by atoms with E-state index in [2.05, 4.69) is 10.4 Å². The molecular weight excluding hydrogens is 329 g/mol. The summed E-state index contributed by atoms with van der Waals surface area (Å²) in [7, 11) is 0. The van der Waals surface area contributed by atoms with Crippen LogP contribution in [0.25, 0.3) is 0 Å². The number of nitrogens with one attached hydrogen (secondary N) is 1. The molecule has 1 N–H and O–H groups in total. The maximum absolute atomic E-state index is 12.2. The van der Waals surface area contributed by atoms with E-state index in [4.69, 9.17) is 23.2 Å². The zero-order chi connectivity index (χ0) is 15.6. The van der Waals surface area contributed by atoms with Gasteiger partial charge in [0, 0.05) is 11.4 Å². The molecule has 2 rings (SSSR count). The highest BCUT2D eigenvalue weighted by molar-refractivity contribution is 7.16. The van der Waals surface area contributed by atoms with E-state index in [-0.39, 0.29) is 16.6 Å². The number of anilines is 1. The molecule has 0 fully saturated rings. The Kier molecular flexibility index (Phi) is 5.30. The molecule has 4 nitrogen and oxygen atoms in total. The van der Waals surface area contributed by atoms with Crippen LogP contribution in [0.3, 0.4) is 0 Å². The first-order valence-electron chi connectivity index (χ1n) is 6.66. The summed E-state index contributed by atoms with van der Waals surface area (Å²) in [6, 6.07) is 3.80. The fraction of sp³-hybridized carbons (Fsp3) is 0.429. The molecule has 2 heterocycles. The first-order valence-corrected chi connectivity index (χ1v) is 8.23. The van der Waals surface area contributed by atoms with Crippen molar-refractivity contribution in [3.8, 4) is 0 Å². The highest BCUT2D eigenvalue weighted by Gasteiger charge is 2.14. The average Bonchev–Trinajstić information content (AvgIpc) is 2.84. The van der Waals surface area contributed by atoms with Crippen molar-refractivity contribution >= 4 is 40.2 Å². The van der Waals surface area contributed by atoms with Gasteiger partial charge >= 0.3 is 0 Å². The molecule has 0 aliphatic carbocycles. The molecule has 0 bridgehead atoms. The minimum absolute atomic E-state index is 0.00199. The van der Waals surface area contributed by atoms with Gasteiger partial charge in [0.05, 0.1) is 22.3 Å². The van der Waals surface area contributed by atoms with E-state index < -0.39 is 0 Å². The van der Waals surface area contributed by atoms with Gasteiger partial charge in [-0.25, -0.2) is 4.68 Å². The maximum atomic E-state index is 12.2. The Morgan fingerprint density at radius 2 is 2.05 bits per heavy atom. The van der Waals surface area contributed by atoms with Gasteiger partial charge in [0.15, 0.2) is 0 Å². The molecule has 0 saturated carbocycles. The van der Waals surface area contributed by atoms with Crippen molar-refractivity contribution in [3.05, 3.63) is 42.9 Å². The van der Waals surface area contributed by atoms with Crippen molar-refractivity contribution in [1.82, 2.24) is 9.78 Å². The SMILES string of the molecule is CC(C)Cn1ncc(NC(C)c2ccc(Cl)s2)c(Cl)c1=O. The lowest BCUT2D eigenvalue weighted by atomic mass is 10.2. The quantitative estimate of drug-likeness (QED) is 0.871. The molecule has 1 unspecified atom stereocenters. The number of halogens is 2. The second-order valence-corrected chi connectivity index (χ2v) is 7.39. The van der Waals surface area contributed by atoms with Crippen LogP contribution in [0.4, 0.5) is 5.69 Å². The Balaban J connectivity index is 2.21. The van der Waals surface area contributed by atoms with Gasteiger partial charge in [-0.15, -0.1) is 11.3 Å². The normalized spacial score (nSPS) is 12.7. The first-order chi connectivity index (χ1) is 9.88. The molecule has 2 aromatic rings. The van der Waals surface area contributed by atoms with Gasteiger partial charge in [0.1, 0.15) is 5.02 Å². The summed E-state index contributed by atoms with van der Waals surface area (Å²) in [4.78, 5) is 13.2. The monoisotopic (exact) mass is 345 g/mol. The number of aromatic nitrogens is 2. The third kappa shape index (κ3) is 3.99. The number of thiophene rings is 1. The summed E-state index contributed by atoms with van der Waals surface area (Å²) in [5.41, 5.74) is 0.269. The van der Waals surface area contributed by atoms with Gasteiger partial charge in [-0.3, -0.25) is 4.79 Å². The first kappa shape index (κ1) is 16.3. The third-order valence-electron chi connectivity index (χ3n) is 2.92. The van der Waals surface area contributed by atoms with Gasteiger partial charge < -0.3 is 5.32 Å². The Morgan fingerprint density at radius 1 is 1.33 bits per heavy atom. The molecule has 0 aromatic carbocycles. The molecule has 7 heteroatoms. The van der Waals surface area contributed by atoms with E-state index in [1.165, 1.54) is 16.0 Å². The number of hydrogen-bond donors (Lipinski definition) is 1. The fourth-order valence-corrected chi connectivity index (χ4v) is 3.17. The predicted molar refractivity (Wildman–Crippen MR) is 89.7 cm³/mol. The Morgan fingerprint density at radius 3 is 2.62 bits per heavy atom. The van der Waals surface area contributed by atoms with E-state index >= 15 is 0 Å². The van der Waals surface area contributed by atoms with Crippen LogP contribution in [-0.2, 0) is 6.54 Å². The summed E-state index contributed by atoms with van der Waals surface area (Å²) in [5, 5.41) is 7.54. The molecule has 0 aliphatic heterocycles. The van der Waals surface area contributed by atoms with Crippen molar-refractivity contribution in [3.63, 3.8) is 0 Å². The van der Waals surface area contributed by atoms with E-state index in [1.807, 2.05) is 32.9 Å². The summed E-state index contributed by atoms with van der Waals surface area (Å²) in [6.07, 6.45) is 1.60. The van der Waals surface area contributed by atoms with Crippen LogP contribution in [-0.4, -0.2) is 9.78 Å². The van der Waals surface area contributed by atoms with Crippen LogP contribution in [0.1, 0.15) is 31.7 Å². The van der Waals surface area contributed by atoms with Crippen molar-refractivity contribution in [2.45, 2.75) is 33.4 Å². The highest BCUT2D eigenvalue weighted by Crippen LogP contribution is 2.30. The topological polar surface area (TPSA) is 46.9 Å². The number of rotatable bonds is 5. The zero-order valence-corrected chi connectivity index (χ0v) is 14.4. The van der Waals surface area contributed by atoms with Crippen molar-refractivity contribution in [2.24, 2.45) is 5.92 Å². The van der Waals surface area contributed by atoms with Gasteiger partial charge in [0.2, 0.25) is 0 Å². The van der Waals surface area contributed by atoms with Crippen LogP contribution in [0, 0.1) is 5.92 Å². The largest absolute Gasteiger partial charge is 0.375 e. The second-order valence-electron chi connectivity index (χ2n) is 5.26. The molecule has 1 atom stereocenters. The molecule has 0 amide bonds. The second kappa shape index (κ2) is 6.81. The van der Waals surface area contributed by atoms with Crippen molar-refractivity contribution in [2.75, 3.05) is 5.32 Å². The lowest BCUT2D eigenvalue weighted by molar-refractivity contribution is 0.464. The van der Waals surface area contributed by atoms with Gasteiger partial charge in [0.25, 0.3) is 5.56 Å². The summed E-state index contributed by atoms with van der Waals surface area (Å²) in [6.45, 7) is 6.58. The lowest BCUT2D eigenvalue weighted by Gasteiger charge is -2.15. The maximum Gasteiger partial charge on any atom is 0.287 e. The van der Waals surface area contributed by atoms with Crippen molar-refractivity contribution in [1.29, 1.82) is 0 Å². The standard InChI is InChI=1S/C14H17Cl2N3OS/c1-8(2)7-19-14(20)13(16)10(6-17-19)18-9(3)11-4-5-12(15)21-11/h4-6,8-9,18H,7H2,1-3H3. The number of hydrogen-bond acceptors (Lipinski definition) is 4. The highest BCUT2D eigenvalue weighted by atomic mass is 35.5. The minimum Gasteiger partial charge on any atom is -0.375 e. The molecular formula is C14H17Cl2N3OS. The Bertz CT molecular complexity index is 681. The van der Waals surface area contributed by atoms with Crippen LogP contribution in [0.5, 0.6) is 0 Å². The molecule has 0 spiro atoms. The summed E-state index contributed by atoms with van der Waals surface area (Å²) >= 11 is 13.6. The minimum atomic E-state index is -0.272. The Hall–Kier alpha value is -1.04. The smallest absolute Gasteiger partial charge is 0.287 e. The Labute approximate surface area is 137 Å². The van der Waals surface area contributed by atoms with Gasteiger partial charge in [-0.1, -0.05) is 37.0 Å². The summed E-state index contributed by atoms with van der Waals surface area (Å²) in [5.74, 6) is 0.331. The van der Waals surface area contributed by atoms with Crippen LogP contribution in [0.2, 0.25) is 9.36 Å². The lowest BCUT2D eigenvalue weighted by Crippen LogP contribution is -2.26. The van der Waals surface area contributed by atoms with Crippen LogP contribution >= 0.6 is 34.5 Å². The molecule has 114 valence electrons. The van der Waals surface area contributed by atoms with E-state index in [1.54, 1.807) is 6.20 Å². The molecule has 0 saturated heterocycles. The fourth-order valence-electron chi connectivity index (χ4n) is 1.91. The molecule has 0 radical (unpaired) electrons. The average molecular weight is 346 g/mol. The van der Waals surface area contributed by atoms with E-state index in [0.29, 0.717) is 18.2 Å². The van der Waals surface area contributed by atoms with Crippen LogP contribution in [0.15, 0.2) is 23.1 Å². The van der Waals surface area contributed by atoms with E-state index in [0.717, 1.165) is 9.21 Å². The predicted octanol–water partition coefficient (Wildman–Crippen LogP) is 4.44. The van der Waals surface area contributed by atoms with Crippen molar-refractivity contribution < 1.29 is 0 Å². The van der Waals surface area contributed by atoms with E-state index in [9.17, 15) is 4.79 Å². The number of nitrogens with zero attached hydrogens (tertiary/aromatic N) is 2. The van der Waals surface area contributed by atoms with Gasteiger partial charge in [-0.05, 0) is 25.0 Å². The molecule has 2 aromatic heterocycles.